The molecular formula is C35H31NO6. The number of imide groups is 1. The van der Waals surface area contributed by atoms with E-state index in [0.717, 1.165) is 22.4 Å². The lowest BCUT2D eigenvalue weighted by Crippen LogP contribution is -2.48. The van der Waals surface area contributed by atoms with Crippen molar-refractivity contribution in [2.24, 2.45) is 35.5 Å². The van der Waals surface area contributed by atoms with E-state index in [1.165, 1.54) is 0 Å². The standard InChI is InChI=1S/C35H31NO6/c37-30(23-11-13-24(14-12-23)41-19-22-9-5-2-6-10-22)20-42-35(40)29(17-21-7-3-1-4-8-21)36-33(38)31-25-15-16-26(28-18-27(25)28)32(31)34(36)39/h1-16,25-29,31-32H,17-20H2/t25-,26-,27-,28-,29-,31-,32+/m0/s1. The number of carbonyl (C=O) groups is 4. The van der Waals surface area contributed by atoms with Crippen molar-refractivity contribution in [2.45, 2.75) is 25.5 Å². The molecule has 3 fully saturated rings. The van der Waals surface area contributed by atoms with Crippen molar-refractivity contribution in [1.82, 2.24) is 4.90 Å². The topological polar surface area (TPSA) is 90.0 Å². The maximum atomic E-state index is 13.8. The van der Waals surface area contributed by atoms with E-state index in [4.69, 9.17) is 9.47 Å². The van der Waals surface area contributed by atoms with Gasteiger partial charge in [-0.2, -0.15) is 0 Å². The first kappa shape index (κ1) is 26.4. The molecule has 7 heteroatoms. The van der Waals surface area contributed by atoms with Crippen LogP contribution in [0.2, 0.25) is 0 Å². The van der Waals surface area contributed by atoms with Gasteiger partial charge in [0.15, 0.2) is 12.4 Å². The largest absolute Gasteiger partial charge is 0.489 e. The zero-order chi connectivity index (χ0) is 28.8. The average Bonchev–Trinajstić information content (AvgIpc) is 3.81. The van der Waals surface area contributed by atoms with Crippen LogP contribution in [0.25, 0.3) is 0 Å². The van der Waals surface area contributed by atoms with E-state index >= 15 is 0 Å². The molecule has 0 aromatic heterocycles. The van der Waals surface area contributed by atoms with E-state index < -0.39 is 30.5 Å². The predicted octanol–water partition coefficient (Wildman–Crippen LogP) is 4.66. The molecule has 2 saturated carbocycles. The number of likely N-dealkylation sites (tertiary alicyclic amines) is 1. The molecule has 5 aliphatic rings. The Bertz CT molecular complexity index is 1510. The maximum Gasteiger partial charge on any atom is 0.330 e. The second-order valence-electron chi connectivity index (χ2n) is 11.7. The lowest BCUT2D eigenvalue weighted by molar-refractivity contribution is -0.158. The number of ketones is 1. The lowest BCUT2D eigenvalue weighted by Gasteiger charge is -2.37. The molecule has 3 aromatic carbocycles. The highest BCUT2D eigenvalue weighted by molar-refractivity contribution is 6.09. The Balaban J connectivity index is 1.04. The van der Waals surface area contributed by atoms with Crippen LogP contribution < -0.4 is 4.74 Å². The first-order chi connectivity index (χ1) is 20.5. The number of hydrogen-bond donors (Lipinski definition) is 0. The summed E-state index contributed by atoms with van der Waals surface area (Å²) in [6.07, 6.45) is 5.41. The summed E-state index contributed by atoms with van der Waals surface area (Å²) in [5.74, 6) is -0.873. The highest BCUT2D eigenvalue weighted by atomic mass is 16.5. The van der Waals surface area contributed by atoms with Crippen LogP contribution in [0.4, 0.5) is 0 Å². The lowest BCUT2D eigenvalue weighted by atomic mass is 9.63. The summed E-state index contributed by atoms with van der Waals surface area (Å²) in [7, 11) is 0. The fourth-order valence-corrected chi connectivity index (χ4v) is 7.20. The summed E-state index contributed by atoms with van der Waals surface area (Å²) in [4.78, 5) is 55.2. The number of Topliss-reactive ketones (excluding diaryl/α,β-unsaturated/α-hetero) is 1. The molecule has 7 atom stereocenters. The SMILES string of the molecule is O=C(COC(=O)[C@H](Cc1ccccc1)N1C(=O)[C@@H]2[C@H]3C=C[C@@H]([C@@H]4C[C@@H]34)[C@@H]2C1=O)c1ccc(OCc2ccccc2)cc1. The second-order valence-corrected chi connectivity index (χ2v) is 11.7. The Morgan fingerprint density at radius 2 is 1.33 bits per heavy atom. The van der Waals surface area contributed by atoms with Gasteiger partial charge < -0.3 is 9.47 Å². The number of rotatable bonds is 10. The van der Waals surface area contributed by atoms with Crippen molar-refractivity contribution in [3.8, 4) is 5.75 Å². The molecule has 0 spiro atoms. The summed E-state index contributed by atoms with van der Waals surface area (Å²) in [5.41, 5.74) is 2.21. The van der Waals surface area contributed by atoms with Gasteiger partial charge in [0.2, 0.25) is 11.8 Å². The number of ether oxygens (including phenoxy) is 2. The molecule has 7 nitrogen and oxygen atoms in total. The number of esters is 1. The quantitative estimate of drug-likeness (QED) is 0.155. The predicted molar refractivity (Wildman–Crippen MR) is 153 cm³/mol. The summed E-state index contributed by atoms with van der Waals surface area (Å²) in [6, 6.07) is 24.6. The molecule has 3 aromatic rings. The van der Waals surface area contributed by atoms with Crippen LogP contribution in [-0.2, 0) is 32.1 Å². The van der Waals surface area contributed by atoms with Crippen LogP contribution in [0, 0.1) is 35.5 Å². The van der Waals surface area contributed by atoms with E-state index in [2.05, 4.69) is 12.2 Å². The number of amides is 2. The minimum absolute atomic E-state index is 0.0565. The van der Waals surface area contributed by atoms with Crippen molar-refractivity contribution in [3.05, 3.63) is 114 Å². The van der Waals surface area contributed by atoms with Crippen LogP contribution in [0.3, 0.4) is 0 Å². The molecule has 1 heterocycles. The fourth-order valence-electron chi connectivity index (χ4n) is 7.20. The van der Waals surface area contributed by atoms with Crippen LogP contribution >= 0.6 is 0 Å². The third-order valence-electron chi connectivity index (χ3n) is 9.32. The van der Waals surface area contributed by atoms with Gasteiger partial charge in [0.05, 0.1) is 11.8 Å². The average molecular weight is 562 g/mol. The van der Waals surface area contributed by atoms with Crippen molar-refractivity contribution >= 4 is 23.6 Å². The van der Waals surface area contributed by atoms with Crippen molar-refractivity contribution in [3.63, 3.8) is 0 Å². The molecule has 0 radical (unpaired) electrons. The van der Waals surface area contributed by atoms with Crippen molar-refractivity contribution in [2.75, 3.05) is 6.61 Å². The van der Waals surface area contributed by atoms with Gasteiger partial charge in [-0.05, 0) is 65.5 Å². The molecule has 0 unspecified atom stereocenters. The molecule has 0 N–H and O–H groups in total. The Labute approximate surface area is 244 Å². The van der Waals surface area contributed by atoms with E-state index in [9.17, 15) is 19.2 Å². The molecule has 8 rings (SSSR count). The summed E-state index contributed by atoms with van der Waals surface area (Å²) in [5, 5.41) is 0. The molecule has 42 heavy (non-hydrogen) atoms. The molecule has 4 aliphatic carbocycles. The Hall–Kier alpha value is -4.52. The third kappa shape index (κ3) is 4.73. The number of hydrogen-bond acceptors (Lipinski definition) is 6. The number of nitrogens with zero attached hydrogens (tertiary/aromatic N) is 1. The van der Waals surface area contributed by atoms with Gasteiger partial charge in [0.25, 0.3) is 0 Å². The number of benzene rings is 3. The highest BCUT2D eigenvalue weighted by Gasteiger charge is 2.68. The van der Waals surface area contributed by atoms with Gasteiger partial charge in [-0.3, -0.25) is 19.3 Å². The van der Waals surface area contributed by atoms with Gasteiger partial charge in [-0.15, -0.1) is 0 Å². The Morgan fingerprint density at radius 3 is 1.93 bits per heavy atom. The van der Waals surface area contributed by atoms with Crippen LogP contribution in [0.5, 0.6) is 5.75 Å². The zero-order valence-electron chi connectivity index (χ0n) is 23.0. The summed E-state index contributed by atoms with van der Waals surface area (Å²) >= 11 is 0. The minimum Gasteiger partial charge on any atom is -0.489 e. The van der Waals surface area contributed by atoms with Crippen LogP contribution in [-0.4, -0.2) is 41.1 Å². The fraction of sp³-hybridized carbons (Fsp3) is 0.314. The normalized spacial score (nSPS) is 27.3. The molecular weight excluding hydrogens is 530 g/mol. The number of carbonyl (C=O) groups excluding carboxylic acids is 4. The van der Waals surface area contributed by atoms with Gasteiger partial charge in [0.1, 0.15) is 18.4 Å². The molecule has 1 saturated heterocycles. The summed E-state index contributed by atoms with van der Waals surface area (Å²) in [6.45, 7) is -0.0859. The molecule has 2 amide bonds. The van der Waals surface area contributed by atoms with Gasteiger partial charge in [0, 0.05) is 12.0 Å². The molecule has 212 valence electrons. The Morgan fingerprint density at radius 1 is 0.762 bits per heavy atom. The van der Waals surface area contributed by atoms with E-state index in [-0.39, 0.29) is 35.9 Å². The highest BCUT2D eigenvalue weighted by Crippen LogP contribution is 2.65. The van der Waals surface area contributed by atoms with Crippen molar-refractivity contribution in [1.29, 1.82) is 0 Å². The Kier molecular flexibility index (Phi) is 6.73. The van der Waals surface area contributed by atoms with Gasteiger partial charge in [-0.1, -0.05) is 72.8 Å². The van der Waals surface area contributed by atoms with Crippen LogP contribution in [0.1, 0.15) is 27.9 Å². The smallest absolute Gasteiger partial charge is 0.330 e. The number of allylic oxidation sites excluding steroid dienone is 2. The van der Waals surface area contributed by atoms with Crippen LogP contribution in [0.15, 0.2) is 97.1 Å². The first-order valence-electron chi connectivity index (χ1n) is 14.6. The summed E-state index contributed by atoms with van der Waals surface area (Å²) < 4.78 is 11.3. The van der Waals surface area contributed by atoms with E-state index in [1.807, 2.05) is 60.7 Å². The third-order valence-corrected chi connectivity index (χ3v) is 9.32. The minimum atomic E-state index is -1.13. The second kappa shape index (κ2) is 10.7. The first-order valence-corrected chi connectivity index (χ1v) is 14.6. The zero-order valence-corrected chi connectivity index (χ0v) is 23.0. The van der Waals surface area contributed by atoms with Gasteiger partial charge >= 0.3 is 5.97 Å². The molecule has 2 bridgehead atoms. The monoisotopic (exact) mass is 561 g/mol. The molecule has 1 aliphatic heterocycles. The van der Waals surface area contributed by atoms with Gasteiger partial charge in [-0.25, -0.2) is 4.79 Å². The van der Waals surface area contributed by atoms with E-state index in [1.54, 1.807) is 24.3 Å². The van der Waals surface area contributed by atoms with Crippen molar-refractivity contribution < 1.29 is 28.7 Å². The maximum absolute atomic E-state index is 13.8. The van der Waals surface area contributed by atoms with E-state index in [0.29, 0.717) is 29.8 Å².